The summed E-state index contributed by atoms with van der Waals surface area (Å²) in [6.07, 6.45) is 3.72. The first-order chi connectivity index (χ1) is 9.66. The van der Waals surface area contributed by atoms with Crippen LogP contribution in [0.1, 0.15) is 63.0 Å². The van der Waals surface area contributed by atoms with E-state index in [9.17, 15) is 14.7 Å². The van der Waals surface area contributed by atoms with Gasteiger partial charge in [-0.15, -0.1) is 0 Å². The Bertz CT molecular complexity index is 515. The fourth-order valence-electron chi connectivity index (χ4n) is 2.11. The molecule has 1 aromatic heterocycles. The summed E-state index contributed by atoms with van der Waals surface area (Å²) in [5.41, 5.74) is 0.825. The predicted octanol–water partition coefficient (Wildman–Crippen LogP) is 2.09. The summed E-state index contributed by atoms with van der Waals surface area (Å²) in [5.74, 6) is -1.38. The van der Waals surface area contributed by atoms with E-state index in [0.29, 0.717) is 17.7 Å². The molecule has 0 aliphatic rings. The SMILES string of the molecule is CCCCC(NC(=O)c1cn(C)nc1C(C)(C)C)C(=O)O. The zero-order valence-electron chi connectivity index (χ0n) is 13.4. The maximum atomic E-state index is 12.4. The average molecular weight is 295 g/mol. The van der Waals surface area contributed by atoms with E-state index < -0.39 is 12.0 Å². The first-order valence-corrected chi connectivity index (χ1v) is 7.24. The highest BCUT2D eigenvalue weighted by Gasteiger charge is 2.28. The summed E-state index contributed by atoms with van der Waals surface area (Å²) >= 11 is 0. The number of carbonyl (C=O) groups excluding carboxylic acids is 1. The second-order valence-electron chi connectivity index (χ2n) is 6.32. The molecule has 1 heterocycles. The number of nitrogens with one attached hydrogen (secondary N) is 1. The molecule has 1 amide bonds. The number of hydrogen-bond donors (Lipinski definition) is 2. The summed E-state index contributed by atoms with van der Waals surface area (Å²) in [5, 5.41) is 16.1. The molecule has 1 atom stereocenters. The summed E-state index contributed by atoms with van der Waals surface area (Å²) in [6, 6.07) is -0.856. The van der Waals surface area contributed by atoms with Gasteiger partial charge in [-0.05, 0) is 6.42 Å². The van der Waals surface area contributed by atoms with Gasteiger partial charge in [0.2, 0.25) is 0 Å². The van der Waals surface area contributed by atoms with E-state index in [2.05, 4.69) is 10.4 Å². The van der Waals surface area contributed by atoms with Crippen LogP contribution in [0.2, 0.25) is 0 Å². The monoisotopic (exact) mass is 295 g/mol. The molecule has 118 valence electrons. The van der Waals surface area contributed by atoms with E-state index in [0.717, 1.165) is 12.8 Å². The third-order valence-corrected chi connectivity index (χ3v) is 3.23. The third kappa shape index (κ3) is 4.58. The zero-order valence-corrected chi connectivity index (χ0v) is 13.4. The first-order valence-electron chi connectivity index (χ1n) is 7.24. The van der Waals surface area contributed by atoms with Crippen molar-refractivity contribution in [3.05, 3.63) is 17.5 Å². The van der Waals surface area contributed by atoms with E-state index in [-0.39, 0.29) is 11.3 Å². The van der Waals surface area contributed by atoms with Crippen molar-refractivity contribution in [1.82, 2.24) is 15.1 Å². The molecular weight excluding hydrogens is 270 g/mol. The molecule has 0 aliphatic carbocycles. The van der Waals surface area contributed by atoms with Crippen LogP contribution >= 0.6 is 0 Å². The lowest BCUT2D eigenvalue weighted by Gasteiger charge is -2.18. The van der Waals surface area contributed by atoms with Gasteiger partial charge in [0, 0.05) is 18.7 Å². The molecule has 0 aromatic carbocycles. The number of aliphatic carboxylic acids is 1. The third-order valence-electron chi connectivity index (χ3n) is 3.23. The van der Waals surface area contributed by atoms with Crippen LogP contribution in [0.15, 0.2) is 6.20 Å². The van der Waals surface area contributed by atoms with Gasteiger partial charge < -0.3 is 10.4 Å². The van der Waals surface area contributed by atoms with Crippen LogP contribution in [0.3, 0.4) is 0 Å². The molecule has 6 nitrogen and oxygen atoms in total. The minimum atomic E-state index is -1.00. The van der Waals surface area contributed by atoms with Crippen molar-refractivity contribution in [2.24, 2.45) is 7.05 Å². The Labute approximate surface area is 125 Å². The van der Waals surface area contributed by atoms with E-state index >= 15 is 0 Å². The molecule has 1 rings (SSSR count). The molecule has 0 saturated carbocycles. The fraction of sp³-hybridized carbons (Fsp3) is 0.667. The highest BCUT2D eigenvalue weighted by atomic mass is 16.4. The molecule has 0 bridgehead atoms. The Balaban J connectivity index is 2.95. The van der Waals surface area contributed by atoms with E-state index in [1.807, 2.05) is 27.7 Å². The number of nitrogens with zero attached hydrogens (tertiary/aromatic N) is 2. The molecule has 6 heteroatoms. The smallest absolute Gasteiger partial charge is 0.326 e. The number of rotatable bonds is 6. The van der Waals surface area contributed by atoms with Gasteiger partial charge in [-0.2, -0.15) is 5.10 Å². The Morgan fingerprint density at radius 2 is 2.05 bits per heavy atom. The Hall–Kier alpha value is -1.85. The van der Waals surface area contributed by atoms with Crippen molar-refractivity contribution in [2.45, 2.75) is 58.4 Å². The van der Waals surface area contributed by atoms with Crippen LogP contribution in [0.5, 0.6) is 0 Å². The lowest BCUT2D eigenvalue weighted by molar-refractivity contribution is -0.139. The van der Waals surface area contributed by atoms with Gasteiger partial charge in [-0.3, -0.25) is 9.48 Å². The van der Waals surface area contributed by atoms with Crippen molar-refractivity contribution in [2.75, 3.05) is 0 Å². The number of unbranched alkanes of at least 4 members (excludes halogenated alkanes) is 1. The van der Waals surface area contributed by atoms with Gasteiger partial charge in [-0.25, -0.2) is 4.79 Å². The molecule has 21 heavy (non-hydrogen) atoms. The molecule has 1 aromatic rings. The van der Waals surface area contributed by atoms with Gasteiger partial charge in [0.05, 0.1) is 11.3 Å². The van der Waals surface area contributed by atoms with Crippen molar-refractivity contribution in [1.29, 1.82) is 0 Å². The largest absolute Gasteiger partial charge is 0.480 e. The second-order valence-corrected chi connectivity index (χ2v) is 6.32. The molecule has 0 radical (unpaired) electrons. The molecular formula is C15H25N3O3. The quantitative estimate of drug-likeness (QED) is 0.841. The van der Waals surface area contributed by atoms with Gasteiger partial charge in [0.1, 0.15) is 6.04 Å². The van der Waals surface area contributed by atoms with E-state index in [4.69, 9.17) is 0 Å². The molecule has 0 spiro atoms. The molecule has 1 unspecified atom stereocenters. The summed E-state index contributed by atoms with van der Waals surface area (Å²) in [6.45, 7) is 7.90. The number of amides is 1. The number of aryl methyl sites for hydroxylation is 1. The van der Waals surface area contributed by atoms with Gasteiger partial charge >= 0.3 is 5.97 Å². The van der Waals surface area contributed by atoms with Crippen LogP contribution < -0.4 is 5.32 Å². The average Bonchev–Trinajstić information content (AvgIpc) is 2.76. The number of aromatic nitrogens is 2. The van der Waals surface area contributed by atoms with Crippen LogP contribution in [-0.2, 0) is 17.3 Å². The minimum Gasteiger partial charge on any atom is -0.480 e. The maximum Gasteiger partial charge on any atom is 0.326 e. The number of hydrogen-bond acceptors (Lipinski definition) is 3. The van der Waals surface area contributed by atoms with Crippen LogP contribution in [0.4, 0.5) is 0 Å². The summed E-state index contributed by atoms with van der Waals surface area (Å²) < 4.78 is 1.58. The normalized spacial score (nSPS) is 13.0. The van der Waals surface area contributed by atoms with E-state index in [1.54, 1.807) is 17.9 Å². The molecule has 0 aliphatic heterocycles. The number of carboxylic acid groups (broad SMARTS) is 1. The maximum absolute atomic E-state index is 12.4. The highest BCUT2D eigenvalue weighted by Crippen LogP contribution is 2.24. The standard InChI is InChI=1S/C15H25N3O3/c1-6-7-8-11(14(20)21)16-13(19)10-9-18(5)17-12(10)15(2,3)4/h9,11H,6-8H2,1-5H3,(H,16,19)(H,20,21). The number of carbonyl (C=O) groups is 2. The van der Waals surface area contributed by atoms with Crippen molar-refractivity contribution in [3.63, 3.8) is 0 Å². The summed E-state index contributed by atoms with van der Waals surface area (Å²) in [7, 11) is 1.75. The zero-order chi connectivity index (χ0) is 16.2. The fourth-order valence-corrected chi connectivity index (χ4v) is 2.11. The Morgan fingerprint density at radius 3 is 2.52 bits per heavy atom. The summed E-state index contributed by atoms with van der Waals surface area (Å²) in [4.78, 5) is 23.6. The Morgan fingerprint density at radius 1 is 1.43 bits per heavy atom. The Kier molecular flexibility index (Phi) is 5.52. The van der Waals surface area contributed by atoms with Crippen LogP contribution in [-0.4, -0.2) is 32.8 Å². The molecule has 0 fully saturated rings. The van der Waals surface area contributed by atoms with Gasteiger partial charge in [0.15, 0.2) is 0 Å². The molecule has 0 saturated heterocycles. The minimum absolute atomic E-state index is 0.282. The van der Waals surface area contributed by atoms with Gasteiger partial charge in [0.25, 0.3) is 5.91 Å². The lowest BCUT2D eigenvalue weighted by Crippen LogP contribution is -2.41. The topological polar surface area (TPSA) is 84.2 Å². The van der Waals surface area contributed by atoms with Crippen LogP contribution in [0.25, 0.3) is 0 Å². The highest BCUT2D eigenvalue weighted by molar-refractivity contribution is 5.97. The lowest BCUT2D eigenvalue weighted by atomic mass is 9.89. The van der Waals surface area contributed by atoms with Crippen LogP contribution in [0, 0.1) is 0 Å². The van der Waals surface area contributed by atoms with Gasteiger partial charge in [-0.1, -0.05) is 40.5 Å². The van der Waals surface area contributed by atoms with E-state index in [1.165, 1.54) is 0 Å². The van der Waals surface area contributed by atoms with Crippen molar-refractivity contribution < 1.29 is 14.7 Å². The van der Waals surface area contributed by atoms with Crippen molar-refractivity contribution >= 4 is 11.9 Å². The van der Waals surface area contributed by atoms with Crippen molar-refractivity contribution in [3.8, 4) is 0 Å². The second kappa shape index (κ2) is 6.74. The number of carboxylic acids is 1. The molecule has 2 N–H and O–H groups in total. The first kappa shape index (κ1) is 17.2. The predicted molar refractivity (Wildman–Crippen MR) is 80.3 cm³/mol.